The summed E-state index contributed by atoms with van der Waals surface area (Å²) in [5, 5.41) is 13.4. The minimum atomic E-state index is -0.521. The number of benzene rings is 2. The van der Waals surface area contributed by atoms with Crippen LogP contribution in [-0.2, 0) is 6.42 Å². The molecule has 0 saturated carbocycles. The maximum absolute atomic E-state index is 13.2. The molecular formula is C15H10F2N2O2. The van der Waals surface area contributed by atoms with E-state index in [-0.39, 0.29) is 29.4 Å². The average Bonchev–Trinajstić information content (AvgIpc) is 2.90. The van der Waals surface area contributed by atoms with E-state index in [0.29, 0.717) is 11.4 Å². The molecular weight excluding hydrogens is 278 g/mol. The van der Waals surface area contributed by atoms with Gasteiger partial charge >= 0.3 is 0 Å². The van der Waals surface area contributed by atoms with E-state index in [1.807, 2.05) is 0 Å². The highest BCUT2D eigenvalue weighted by Crippen LogP contribution is 2.28. The summed E-state index contributed by atoms with van der Waals surface area (Å²) in [5.74, 6) is -0.693. The van der Waals surface area contributed by atoms with Gasteiger partial charge in [-0.2, -0.15) is 4.98 Å². The van der Waals surface area contributed by atoms with E-state index in [0.717, 1.165) is 12.1 Å². The van der Waals surface area contributed by atoms with Crippen LogP contribution in [0.5, 0.6) is 5.75 Å². The van der Waals surface area contributed by atoms with E-state index in [1.165, 1.54) is 18.2 Å². The highest BCUT2D eigenvalue weighted by molar-refractivity contribution is 5.61. The van der Waals surface area contributed by atoms with Crippen LogP contribution in [-0.4, -0.2) is 15.2 Å². The first kappa shape index (κ1) is 13.2. The first-order valence-electron chi connectivity index (χ1n) is 6.18. The number of phenols is 1. The summed E-state index contributed by atoms with van der Waals surface area (Å²) >= 11 is 0. The third-order valence-corrected chi connectivity index (χ3v) is 2.91. The van der Waals surface area contributed by atoms with Gasteiger partial charge in [0.1, 0.15) is 17.4 Å². The van der Waals surface area contributed by atoms with Crippen molar-refractivity contribution in [3.05, 3.63) is 65.5 Å². The Labute approximate surface area is 118 Å². The zero-order chi connectivity index (χ0) is 14.8. The van der Waals surface area contributed by atoms with Crippen molar-refractivity contribution in [1.29, 1.82) is 0 Å². The van der Waals surface area contributed by atoms with Gasteiger partial charge in [-0.3, -0.25) is 0 Å². The van der Waals surface area contributed by atoms with Gasteiger partial charge in [-0.15, -0.1) is 0 Å². The zero-order valence-corrected chi connectivity index (χ0v) is 10.8. The van der Waals surface area contributed by atoms with Gasteiger partial charge in [0, 0.05) is 6.42 Å². The number of hydrogen-bond donors (Lipinski definition) is 1. The smallest absolute Gasteiger partial charge is 0.261 e. The van der Waals surface area contributed by atoms with Crippen LogP contribution in [0.25, 0.3) is 11.5 Å². The van der Waals surface area contributed by atoms with Crippen LogP contribution >= 0.6 is 0 Å². The standard InChI is InChI=1S/C15H10F2N2O2/c16-10-3-1-2-9(6-10)7-14-18-15(21-19-14)12-8-11(17)4-5-13(12)20/h1-6,8,20H,7H2. The normalized spacial score (nSPS) is 10.8. The van der Waals surface area contributed by atoms with Gasteiger partial charge in [-0.25, -0.2) is 8.78 Å². The molecule has 1 heterocycles. The molecule has 0 aliphatic rings. The Bertz CT molecular complexity index is 787. The second kappa shape index (κ2) is 5.32. The van der Waals surface area contributed by atoms with Crippen molar-refractivity contribution in [3.63, 3.8) is 0 Å². The maximum atomic E-state index is 13.2. The van der Waals surface area contributed by atoms with Crippen LogP contribution in [0.15, 0.2) is 47.0 Å². The fourth-order valence-corrected chi connectivity index (χ4v) is 1.94. The first-order valence-corrected chi connectivity index (χ1v) is 6.18. The minimum absolute atomic E-state index is 0.0124. The summed E-state index contributed by atoms with van der Waals surface area (Å²) in [6.45, 7) is 0. The van der Waals surface area contributed by atoms with Gasteiger partial charge in [0.25, 0.3) is 5.89 Å². The third-order valence-electron chi connectivity index (χ3n) is 2.91. The first-order chi connectivity index (χ1) is 10.1. The maximum Gasteiger partial charge on any atom is 0.261 e. The average molecular weight is 288 g/mol. The van der Waals surface area contributed by atoms with Gasteiger partial charge in [0.05, 0.1) is 5.56 Å². The van der Waals surface area contributed by atoms with Gasteiger partial charge < -0.3 is 9.63 Å². The van der Waals surface area contributed by atoms with Crippen LogP contribution in [0.2, 0.25) is 0 Å². The fraction of sp³-hybridized carbons (Fsp3) is 0.0667. The summed E-state index contributed by atoms with van der Waals surface area (Å²) in [7, 11) is 0. The Balaban J connectivity index is 1.88. The van der Waals surface area contributed by atoms with Crippen LogP contribution in [0.4, 0.5) is 8.78 Å². The quantitative estimate of drug-likeness (QED) is 0.803. The van der Waals surface area contributed by atoms with Crippen molar-refractivity contribution in [2.45, 2.75) is 6.42 Å². The highest BCUT2D eigenvalue weighted by Gasteiger charge is 2.14. The molecule has 2 aromatic carbocycles. The Morgan fingerprint density at radius 3 is 2.67 bits per heavy atom. The van der Waals surface area contributed by atoms with Gasteiger partial charge in [0.2, 0.25) is 0 Å². The van der Waals surface area contributed by atoms with Crippen molar-refractivity contribution >= 4 is 0 Å². The molecule has 21 heavy (non-hydrogen) atoms. The molecule has 0 fully saturated rings. The number of halogens is 2. The summed E-state index contributed by atoms with van der Waals surface area (Å²) < 4.78 is 31.3. The lowest BCUT2D eigenvalue weighted by Crippen LogP contribution is -1.91. The van der Waals surface area contributed by atoms with E-state index >= 15 is 0 Å². The molecule has 3 aromatic rings. The molecule has 0 aliphatic heterocycles. The lowest BCUT2D eigenvalue weighted by atomic mass is 10.1. The number of nitrogens with zero attached hydrogens (tertiary/aromatic N) is 2. The van der Waals surface area contributed by atoms with Crippen molar-refractivity contribution in [1.82, 2.24) is 10.1 Å². The van der Waals surface area contributed by atoms with Gasteiger partial charge in [-0.1, -0.05) is 17.3 Å². The molecule has 6 heteroatoms. The molecule has 3 rings (SSSR count). The van der Waals surface area contributed by atoms with Gasteiger partial charge in [0.15, 0.2) is 5.82 Å². The monoisotopic (exact) mass is 288 g/mol. The van der Waals surface area contributed by atoms with Gasteiger partial charge in [-0.05, 0) is 35.9 Å². The number of phenolic OH excluding ortho intramolecular Hbond substituents is 1. The van der Waals surface area contributed by atoms with E-state index in [4.69, 9.17) is 4.52 Å². The number of hydrogen-bond acceptors (Lipinski definition) is 4. The van der Waals surface area contributed by atoms with Crippen LogP contribution in [0.1, 0.15) is 11.4 Å². The molecule has 0 bridgehead atoms. The van der Waals surface area contributed by atoms with Crippen molar-refractivity contribution < 1.29 is 18.4 Å². The molecule has 0 amide bonds. The molecule has 4 nitrogen and oxygen atoms in total. The summed E-state index contributed by atoms with van der Waals surface area (Å²) in [5.41, 5.74) is 0.804. The number of aromatic hydroxyl groups is 1. The Morgan fingerprint density at radius 2 is 1.86 bits per heavy atom. The molecule has 106 valence electrons. The van der Waals surface area contributed by atoms with Crippen molar-refractivity contribution in [3.8, 4) is 17.2 Å². The molecule has 1 aromatic heterocycles. The van der Waals surface area contributed by atoms with Crippen molar-refractivity contribution in [2.75, 3.05) is 0 Å². The minimum Gasteiger partial charge on any atom is -0.507 e. The van der Waals surface area contributed by atoms with E-state index < -0.39 is 5.82 Å². The third kappa shape index (κ3) is 2.89. The number of rotatable bonds is 3. The summed E-state index contributed by atoms with van der Waals surface area (Å²) in [4.78, 5) is 4.08. The Morgan fingerprint density at radius 1 is 1.05 bits per heavy atom. The largest absolute Gasteiger partial charge is 0.507 e. The molecule has 0 spiro atoms. The Hall–Kier alpha value is -2.76. The lowest BCUT2D eigenvalue weighted by Gasteiger charge is -1.98. The summed E-state index contributed by atoms with van der Waals surface area (Å²) in [6.07, 6.45) is 0.275. The molecule has 0 aliphatic carbocycles. The van der Waals surface area contributed by atoms with E-state index in [9.17, 15) is 13.9 Å². The predicted octanol–water partition coefficient (Wildman–Crippen LogP) is 3.31. The predicted molar refractivity (Wildman–Crippen MR) is 70.6 cm³/mol. The molecule has 1 N–H and O–H groups in total. The van der Waals surface area contributed by atoms with Crippen molar-refractivity contribution in [2.24, 2.45) is 0 Å². The zero-order valence-electron chi connectivity index (χ0n) is 10.8. The fourth-order valence-electron chi connectivity index (χ4n) is 1.94. The molecule has 0 unspecified atom stereocenters. The lowest BCUT2D eigenvalue weighted by molar-refractivity contribution is 0.418. The van der Waals surface area contributed by atoms with Crippen LogP contribution in [0.3, 0.4) is 0 Å². The SMILES string of the molecule is Oc1ccc(F)cc1-c1nc(Cc2cccc(F)c2)no1. The summed E-state index contributed by atoms with van der Waals surface area (Å²) in [6, 6.07) is 9.48. The second-order valence-corrected chi connectivity index (χ2v) is 4.48. The van der Waals surface area contributed by atoms with E-state index in [1.54, 1.807) is 12.1 Å². The molecule has 0 atom stereocenters. The topological polar surface area (TPSA) is 59.2 Å². The number of aromatic nitrogens is 2. The molecule has 0 radical (unpaired) electrons. The van der Waals surface area contributed by atoms with E-state index in [2.05, 4.69) is 10.1 Å². The second-order valence-electron chi connectivity index (χ2n) is 4.48. The van der Waals surface area contributed by atoms with Crippen LogP contribution in [0, 0.1) is 11.6 Å². The highest BCUT2D eigenvalue weighted by atomic mass is 19.1. The molecule has 0 saturated heterocycles. The van der Waals surface area contributed by atoms with Crippen LogP contribution < -0.4 is 0 Å². The Kier molecular flexibility index (Phi) is 3.35.